The quantitative estimate of drug-likeness (QED) is 0.708. The monoisotopic (exact) mass is 181 g/mol. The van der Waals surface area contributed by atoms with E-state index >= 15 is 0 Å². The fourth-order valence-corrected chi connectivity index (χ4v) is 1.10. The topological polar surface area (TPSA) is 33.5 Å². The van der Waals surface area contributed by atoms with Gasteiger partial charge in [0.15, 0.2) is 0 Å². The van der Waals surface area contributed by atoms with Crippen molar-refractivity contribution in [2.45, 2.75) is 26.4 Å². The molecule has 0 saturated carbocycles. The summed E-state index contributed by atoms with van der Waals surface area (Å²) in [7, 11) is 1.91. The molecule has 3 heteroatoms. The molecule has 0 aromatic carbocycles. The minimum atomic E-state index is -0.0508. The van der Waals surface area contributed by atoms with Gasteiger partial charge < -0.3 is 4.42 Å². The lowest BCUT2D eigenvalue weighted by Crippen LogP contribution is -2.33. The molecule has 0 bridgehead atoms. The molecule has 3 nitrogen and oxygen atoms in total. The van der Waals surface area contributed by atoms with Gasteiger partial charge in [-0.3, -0.25) is 9.69 Å². The molecule has 0 spiro atoms. The Morgan fingerprint density at radius 2 is 2.38 bits per heavy atom. The van der Waals surface area contributed by atoms with Crippen LogP contribution in [0.25, 0.3) is 0 Å². The lowest BCUT2D eigenvalue weighted by molar-refractivity contribution is -0.121. The number of carbonyl (C=O) groups excluding carboxylic acids is 1. The molecule has 0 fully saturated rings. The Bertz CT molecular complexity index is 266. The molecule has 1 aromatic rings. The molecule has 0 aliphatic carbocycles. The van der Waals surface area contributed by atoms with Crippen LogP contribution in [0.4, 0.5) is 0 Å². The number of Topliss-reactive ketones (excluding diaryl/α,β-unsaturated/α-hetero) is 1. The van der Waals surface area contributed by atoms with Gasteiger partial charge in [0.25, 0.3) is 0 Å². The van der Waals surface area contributed by atoms with Crippen molar-refractivity contribution in [3.8, 4) is 0 Å². The summed E-state index contributed by atoms with van der Waals surface area (Å²) >= 11 is 0. The predicted molar refractivity (Wildman–Crippen MR) is 50.3 cm³/mol. The van der Waals surface area contributed by atoms with Crippen molar-refractivity contribution in [3.63, 3.8) is 0 Å². The van der Waals surface area contributed by atoms with Crippen LogP contribution >= 0.6 is 0 Å². The van der Waals surface area contributed by atoms with E-state index in [1.165, 1.54) is 0 Å². The first-order valence-electron chi connectivity index (χ1n) is 4.34. The van der Waals surface area contributed by atoms with Crippen LogP contribution in [0.15, 0.2) is 22.8 Å². The first-order valence-corrected chi connectivity index (χ1v) is 4.34. The minimum absolute atomic E-state index is 0.0508. The smallest absolute Gasteiger partial charge is 0.146 e. The van der Waals surface area contributed by atoms with Gasteiger partial charge in [-0.05, 0) is 33.0 Å². The van der Waals surface area contributed by atoms with Crippen molar-refractivity contribution in [1.82, 2.24) is 4.90 Å². The number of carbonyl (C=O) groups is 1. The summed E-state index contributed by atoms with van der Waals surface area (Å²) in [5.41, 5.74) is 0. The maximum Gasteiger partial charge on any atom is 0.146 e. The van der Waals surface area contributed by atoms with Crippen LogP contribution in [0.1, 0.15) is 19.6 Å². The van der Waals surface area contributed by atoms with Gasteiger partial charge in [-0.25, -0.2) is 0 Å². The van der Waals surface area contributed by atoms with Gasteiger partial charge in [-0.1, -0.05) is 0 Å². The third-order valence-electron chi connectivity index (χ3n) is 2.23. The molecular formula is C10H15NO2. The Balaban J connectivity index is 2.50. The number of hydrogen-bond acceptors (Lipinski definition) is 3. The van der Waals surface area contributed by atoms with Crippen LogP contribution < -0.4 is 0 Å². The van der Waals surface area contributed by atoms with Crippen molar-refractivity contribution in [2.75, 3.05) is 7.05 Å². The van der Waals surface area contributed by atoms with Crippen LogP contribution in [-0.4, -0.2) is 23.8 Å². The van der Waals surface area contributed by atoms with Crippen molar-refractivity contribution in [2.24, 2.45) is 0 Å². The highest BCUT2D eigenvalue weighted by Gasteiger charge is 2.14. The Labute approximate surface area is 78.3 Å². The Kier molecular flexibility index (Phi) is 3.25. The van der Waals surface area contributed by atoms with E-state index < -0.39 is 0 Å². The maximum absolute atomic E-state index is 11.0. The van der Waals surface area contributed by atoms with Gasteiger partial charge >= 0.3 is 0 Å². The van der Waals surface area contributed by atoms with Crippen molar-refractivity contribution in [1.29, 1.82) is 0 Å². The lowest BCUT2D eigenvalue weighted by Gasteiger charge is -2.20. The highest BCUT2D eigenvalue weighted by atomic mass is 16.3. The number of nitrogens with zero attached hydrogens (tertiary/aromatic N) is 1. The number of ketones is 1. The average Bonchev–Trinajstić information content (AvgIpc) is 2.55. The second kappa shape index (κ2) is 4.23. The molecule has 1 aromatic heterocycles. The molecule has 0 aliphatic heterocycles. The Morgan fingerprint density at radius 3 is 2.85 bits per heavy atom. The van der Waals surface area contributed by atoms with Crippen LogP contribution in [0.5, 0.6) is 0 Å². The highest BCUT2D eigenvalue weighted by Crippen LogP contribution is 2.06. The minimum Gasteiger partial charge on any atom is -0.468 e. The normalized spacial score (nSPS) is 13.2. The molecule has 1 unspecified atom stereocenters. The first-order chi connectivity index (χ1) is 6.11. The zero-order valence-corrected chi connectivity index (χ0v) is 8.28. The van der Waals surface area contributed by atoms with E-state index in [0.29, 0.717) is 6.54 Å². The van der Waals surface area contributed by atoms with E-state index in [4.69, 9.17) is 4.42 Å². The first kappa shape index (κ1) is 9.99. The van der Waals surface area contributed by atoms with Crippen molar-refractivity contribution >= 4 is 5.78 Å². The van der Waals surface area contributed by atoms with Gasteiger partial charge in [-0.2, -0.15) is 0 Å². The molecular weight excluding hydrogens is 166 g/mol. The zero-order chi connectivity index (χ0) is 9.84. The number of likely N-dealkylation sites (N-methyl/N-ethyl adjacent to an activating group) is 1. The van der Waals surface area contributed by atoms with Crippen LogP contribution in [0.3, 0.4) is 0 Å². The molecule has 0 aliphatic rings. The third kappa shape index (κ3) is 2.70. The molecule has 0 amide bonds. The van der Waals surface area contributed by atoms with Gasteiger partial charge in [0, 0.05) is 0 Å². The van der Waals surface area contributed by atoms with Gasteiger partial charge in [0.1, 0.15) is 11.5 Å². The SMILES string of the molecule is CC(=O)C(C)N(C)Cc1ccco1. The van der Waals surface area contributed by atoms with Crippen LogP contribution in [-0.2, 0) is 11.3 Å². The molecule has 0 N–H and O–H groups in total. The van der Waals surface area contributed by atoms with E-state index in [2.05, 4.69) is 0 Å². The summed E-state index contributed by atoms with van der Waals surface area (Å²) in [5, 5.41) is 0. The largest absolute Gasteiger partial charge is 0.468 e. The van der Waals surface area contributed by atoms with Crippen LogP contribution in [0.2, 0.25) is 0 Å². The lowest BCUT2D eigenvalue weighted by atomic mass is 10.2. The predicted octanol–water partition coefficient (Wildman–Crippen LogP) is 1.69. The van der Waals surface area contributed by atoms with Gasteiger partial charge in [-0.15, -0.1) is 0 Å². The Morgan fingerprint density at radius 1 is 1.69 bits per heavy atom. The van der Waals surface area contributed by atoms with Crippen molar-refractivity contribution < 1.29 is 9.21 Å². The number of furan rings is 1. The zero-order valence-electron chi connectivity index (χ0n) is 8.28. The van der Waals surface area contributed by atoms with E-state index in [1.807, 2.05) is 31.0 Å². The molecule has 0 saturated heterocycles. The van der Waals surface area contributed by atoms with E-state index in [1.54, 1.807) is 13.2 Å². The second-order valence-electron chi connectivity index (χ2n) is 3.28. The summed E-state index contributed by atoms with van der Waals surface area (Å²) in [4.78, 5) is 13.0. The highest BCUT2D eigenvalue weighted by molar-refractivity contribution is 5.80. The summed E-state index contributed by atoms with van der Waals surface area (Å²) in [6.45, 7) is 4.17. The fraction of sp³-hybridized carbons (Fsp3) is 0.500. The second-order valence-corrected chi connectivity index (χ2v) is 3.28. The standard InChI is InChI=1S/C10H15NO2/c1-8(9(2)12)11(3)7-10-5-4-6-13-10/h4-6,8H,7H2,1-3H3. The summed E-state index contributed by atoms with van der Waals surface area (Å²) in [6.07, 6.45) is 1.64. The van der Waals surface area contributed by atoms with Gasteiger partial charge in [0.2, 0.25) is 0 Å². The Hall–Kier alpha value is -1.09. The molecule has 0 radical (unpaired) electrons. The van der Waals surface area contributed by atoms with Gasteiger partial charge in [0.05, 0.1) is 18.8 Å². The van der Waals surface area contributed by atoms with E-state index in [-0.39, 0.29) is 11.8 Å². The molecule has 1 heterocycles. The van der Waals surface area contributed by atoms with E-state index in [0.717, 1.165) is 5.76 Å². The third-order valence-corrected chi connectivity index (χ3v) is 2.23. The summed E-state index contributed by atoms with van der Waals surface area (Å²) in [5.74, 6) is 1.06. The van der Waals surface area contributed by atoms with E-state index in [9.17, 15) is 4.79 Å². The average molecular weight is 181 g/mol. The molecule has 1 rings (SSSR count). The molecule has 1 atom stereocenters. The maximum atomic E-state index is 11.0. The summed E-state index contributed by atoms with van der Waals surface area (Å²) < 4.78 is 5.18. The summed E-state index contributed by atoms with van der Waals surface area (Å²) in [6, 6.07) is 3.70. The number of rotatable bonds is 4. The molecule has 13 heavy (non-hydrogen) atoms. The number of hydrogen-bond donors (Lipinski definition) is 0. The molecule has 72 valence electrons. The van der Waals surface area contributed by atoms with Crippen LogP contribution in [0, 0.1) is 0 Å². The van der Waals surface area contributed by atoms with Crippen molar-refractivity contribution in [3.05, 3.63) is 24.2 Å². The fourth-order valence-electron chi connectivity index (χ4n) is 1.10.